The highest BCUT2D eigenvalue weighted by Gasteiger charge is 2.26. The van der Waals surface area contributed by atoms with Gasteiger partial charge in [0.15, 0.2) is 5.78 Å². The summed E-state index contributed by atoms with van der Waals surface area (Å²) in [5.41, 5.74) is 4.54. The molecule has 0 aliphatic carbocycles. The second kappa shape index (κ2) is 9.89. The van der Waals surface area contributed by atoms with Gasteiger partial charge in [0, 0.05) is 11.1 Å². The summed E-state index contributed by atoms with van der Waals surface area (Å²) in [6.07, 6.45) is -1.45. The van der Waals surface area contributed by atoms with Gasteiger partial charge in [-0.25, -0.2) is 0 Å². The zero-order chi connectivity index (χ0) is 22.7. The maximum Gasteiger partial charge on any atom is 0.193 e. The first kappa shape index (κ1) is 24.3. The third-order valence-electron chi connectivity index (χ3n) is 5.87. The zero-order valence-corrected chi connectivity index (χ0v) is 19.7. The molecule has 3 heteroatoms. The second-order valence-electron chi connectivity index (χ2n) is 9.71. The van der Waals surface area contributed by atoms with Crippen molar-refractivity contribution in [2.24, 2.45) is 11.8 Å². The van der Waals surface area contributed by atoms with Crippen molar-refractivity contribution in [1.29, 1.82) is 0 Å². The van der Waals surface area contributed by atoms with Gasteiger partial charge < -0.3 is 10.2 Å². The smallest absolute Gasteiger partial charge is 0.193 e. The highest BCUT2D eigenvalue weighted by Crippen LogP contribution is 2.33. The molecule has 2 atom stereocenters. The van der Waals surface area contributed by atoms with Gasteiger partial charge in [0.2, 0.25) is 0 Å². The van der Waals surface area contributed by atoms with E-state index in [0.717, 1.165) is 11.1 Å². The van der Waals surface area contributed by atoms with E-state index in [1.54, 1.807) is 0 Å². The van der Waals surface area contributed by atoms with Crippen molar-refractivity contribution in [3.8, 4) is 0 Å². The Morgan fingerprint density at radius 1 is 0.633 bits per heavy atom. The molecule has 2 aromatic carbocycles. The third-order valence-corrected chi connectivity index (χ3v) is 5.87. The molecule has 0 aromatic heterocycles. The molecule has 0 aliphatic rings. The Labute approximate surface area is 182 Å². The van der Waals surface area contributed by atoms with E-state index in [-0.39, 0.29) is 17.6 Å². The quantitative estimate of drug-likeness (QED) is 0.486. The molecule has 0 spiro atoms. The molecular weight excluding hydrogens is 372 g/mol. The Morgan fingerprint density at radius 3 is 1.23 bits per heavy atom. The largest absolute Gasteiger partial charge is 0.388 e. The molecule has 0 aliphatic heterocycles. The van der Waals surface area contributed by atoms with Gasteiger partial charge in [-0.1, -0.05) is 91.8 Å². The molecule has 0 radical (unpaired) electrons. The number of rotatable bonds is 8. The predicted octanol–water partition coefficient (Wildman–Crippen LogP) is 6.54. The van der Waals surface area contributed by atoms with Crippen molar-refractivity contribution in [3.63, 3.8) is 0 Å². The summed E-state index contributed by atoms with van der Waals surface area (Å²) in [6.45, 7) is 16.2. The molecule has 0 bridgehead atoms. The summed E-state index contributed by atoms with van der Waals surface area (Å²) in [5.74, 6) is 0.433. The lowest BCUT2D eigenvalue weighted by molar-refractivity contribution is 0.0991. The summed E-state index contributed by atoms with van der Waals surface area (Å²) >= 11 is 0. The van der Waals surface area contributed by atoms with Crippen molar-refractivity contribution in [2.45, 2.75) is 79.4 Å². The molecular formula is C27H38O3. The lowest BCUT2D eigenvalue weighted by Crippen LogP contribution is -2.17. The standard InChI is InChI=1S/C27H38O3/c1-15(2)19-9-11-21(23(13-19)25(28)17(5)6)27(30)22-12-10-20(16(3)4)14-24(22)26(29)18(7)8/h9-18,25-26,28-29H,1-8H3. The van der Waals surface area contributed by atoms with Gasteiger partial charge in [-0.3, -0.25) is 4.79 Å². The highest BCUT2D eigenvalue weighted by atomic mass is 16.3. The van der Waals surface area contributed by atoms with E-state index < -0.39 is 12.2 Å². The average molecular weight is 411 g/mol. The van der Waals surface area contributed by atoms with Crippen LogP contribution in [0.5, 0.6) is 0 Å². The second-order valence-corrected chi connectivity index (χ2v) is 9.71. The van der Waals surface area contributed by atoms with E-state index in [9.17, 15) is 15.0 Å². The van der Waals surface area contributed by atoms with Gasteiger partial charge in [0.25, 0.3) is 0 Å². The number of carbonyl (C=O) groups is 1. The number of hydrogen-bond acceptors (Lipinski definition) is 3. The predicted molar refractivity (Wildman–Crippen MR) is 124 cm³/mol. The molecule has 0 heterocycles. The number of hydrogen-bond donors (Lipinski definition) is 2. The van der Waals surface area contributed by atoms with E-state index in [0.29, 0.717) is 34.1 Å². The van der Waals surface area contributed by atoms with Gasteiger partial charge in [-0.2, -0.15) is 0 Å². The number of ketones is 1. The third kappa shape index (κ3) is 5.19. The van der Waals surface area contributed by atoms with Crippen molar-refractivity contribution >= 4 is 5.78 Å². The molecule has 0 fully saturated rings. The van der Waals surface area contributed by atoms with E-state index >= 15 is 0 Å². The summed E-state index contributed by atoms with van der Waals surface area (Å²) < 4.78 is 0. The van der Waals surface area contributed by atoms with Gasteiger partial charge in [-0.05, 0) is 45.9 Å². The first-order chi connectivity index (χ1) is 14.0. The lowest BCUT2D eigenvalue weighted by atomic mass is 9.84. The van der Waals surface area contributed by atoms with Gasteiger partial charge >= 0.3 is 0 Å². The lowest BCUT2D eigenvalue weighted by Gasteiger charge is -2.23. The fourth-order valence-corrected chi connectivity index (χ4v) is 3.65. The van der Waals surface area contributed by atoms with Crippen LogP contribution in [0.2, 0.25) is 0 Å². The fourth-order valence-electron chi connectivity index (χ4n) is 3.65. The monoisotopic (exact) mass is 410 g/mol. The normalized spacial score (nSPS) is 14.1. The highest BCUT2D eigenvalue weighted by molar-refractivity contribution is 6.11. The minimum absolute atomic E-state index is 0.0111. The van der Waals surface area contributed by atoms with Crippen molar-refractivity contribution < 1.29 is 15.0 Å². The summed E-state index contributed by atoms with van der Waals surface area (Å²) in [4.78, 5) is 13.7. The average Bonchev–Trinajstić information content (AvgIpc) is 2.70. The van der Waals surface area contributed by atoms with Crippen LogP contribution in [0, 0.1) is 11.8 Å². The van der Waals surface area contributed by atoms with E-state index in [1.165, 1.54) is 0 Å². The first-order valence-electron chi connectivity index (χ1n) is 11.1. The Balaban J connectivity index is 2.67. The number of benzene rings is 2. The van der Waals surface area contributed by atoms with Crippen LogP contribution < -0.4 is 0 Å². The minimum atomic E-state index is -0.726. The Kier molecular flexibility index (Phi) is 8.01. The van der Waals surface area contributed by atoms with Gasteiger partial charge in [0.1, 0.15) is 0 Å². The van der Waals surface area contributed by atoms with Gasteiger partial charge in [-0.15, -0.1) is 0 Å². The molecule has 0 saturated heterocycles. The van der Waals surface area contributed by atoms with Crippen LogP contribution in [0.15, 0.2) is 36.4 Å². The molecule has 0 saturated carbocycles. The maximum absolute atomic E-state index is 13.7. The molecule has 2 N–H and O–H groups in total. The van der Waals surface area contributed by atoms with E-state index in [2.05, 4.69) is 27.7 Å². The SMILES string of the molecule is CC(C)c1ccc(C(=O)c2ccc(C(C)C)cc2C(O)C(C)C)c(C(O)C(C)C)c1. The van der Waals surface area contributed by atoms with Crippen LogP contribution in [-0.4, -0.2) is 16.0 Å². The zero-order valence-electron chi connectivity index (χ0n) is 19.7. The van der Waals surface area contributed by atoms with Crippen molar-refractivity contribution in [1.82, 2.24) is 0 Å². The molecule has 2 rings (SSSR count). The minimum Gasteiger partial charge on any atom is -0.388 e. The van der Waals surface area contributed by atoms with Crippen LogP contribution >= 0.6 is 0 Å². The van der Waals surface area contributed by atoms with Crippen LogP contribution in [0.1, 0.15) is 118 Å². The Hall–Kier alpha value is -1.97. The number of aliphatic hydroxyl groups is 2. The van der Waals surface area contributed by atoms with Crippen LogP contribution in [0.4, 0.5) is 0 Å². The summed E-state index contributed by atoms with van der Waals surface area (Å²) in [7, 11) is 0. The molecule has 3 nitrogen and oxygen atoms in total. The Morgan fingerprint density at radius 2 is 0.967 bits per heavy atom. The summed E-state index contributed by atoms with van der Waals surface area (Å²) in [5, 5.41) is 21.7. The van der Waals surface area contributed by atoms with Crippen LogP contribution in [-0.2, 0) is 0 Å². The molecule has 0 amide bonds. The van der Waals surface area contributed by atoms with E-state index in [1.807, 2.05) is 64.1 Å². The maximum atomic E-state index is 13.7. The molecule has 164 valence electrons. The topological polar surface area (TPSA) is 57.5 Å². The van der Waals surface area contributed by atoms with Crippen molar-refractivity contribution in [3.05, 3.63) is 69.8 Å². The van der Waals surface area contributed by atoms with Crippen molar-refractivity contribution in [2.75, 3.05) is 0 Å². The molecule has 30 heavy (non-hydrogen) atoms. The molecule has 2 aromatic rings. The van der Waals surface area contributed by atoms with Gasteiger partial charge in [0.05, 0.1) is 12.2 Å². The van der Waals surface area contributed by atoms with Crippen LogP contribution in [0.3, 0.4) is 0 Å². The van der Waals surface area contributed by atoms with E-state index in [4.69, 9.17) is 0 Å². The first-order valence-corrected chi connectivity index (χ1v) is 11.1. The van der Waals surface area contributed by atoms with Crippen LogP contribution in [0.25, 0.3) is 0 Å². The molecule has 2 unspecified atom stereocenters. The number of aliphatic hydroxyl groups excluding tert-OH is 2. The fraction of sp³-hybridized carbons (Fsp3) is 0.519. The number of carbonyl (C=O) groups excluding carboxylic acids is 1. The Bertz CT molecular complexity index is 806. The summed E-state index contributed by atoms with van der Waals surface area (Å²) in [6, 6.07) is 11.5.